The molecule has 0 aliphatic carbocycles. The van der Waals surface area contributed by atoms with E-state index in [-0.39, 0.29) is 17.6 Å². The van der Waals surface area contributed by atoms with E-state index in [0.717, 1.165) is 54.9 Å². The van der Waals surface area contributed by atoms with E-state index in [1.54, 1.807) is 0 Å². The maximum absolute atomic E-state index is 12.7. The summed E-state index contributed by atoms with van der Waals surface area (Å²) in [7, 11) is 0. The van der Waals surface area contributed by atoms with E-state index in [9.17, 15) is 4.79 Å². The normalized spacial score (nSPS) is 19.7. The second-order valence-corrected chi connectivity index (χ2v) is 9.60. The standard InChI is InChI=1S/C25H31N3O2S/c1-17-7-12-22-20(15-17)21(16-25(2,3)30-22)27-24(31)26-19-10-8-18(9-11-19)23(29)28-13-5-4-6-14-28/h7-12,15,21H,4-6,13-14,16H2,1-3H3,(H2,26,27,31)/t21-/m0/s1. The van der Waals surface area contributed by atoms with Crippen LogP contribution in [0.25, 0.3) is 0 Å². The van der Waals surface area contributed by atoms with Gasteiger partial charge < -0.3 is 20.3 Å². The SMILES string of the molecule is Cc1ccc2c(c1)[C@@H](NC(=S)Nc1ccc(C(=O)N3CCCCC3)cc1)CC(C)(C)O2. The third-order valence-corrected chi connectivity index (χ3v) is 6.18. The quantitative estimate of drug-likeness (QED) is 0.646. The number of nitrogens with one attached hydrogen (secondary N) is 2. The molecule has 5 nitrogen and oxygen atoms in total. The number of benzene rings is 2. The number of ether oxygens (including phenoxy) is 1. The number of carbonyl (C=O) groups excluding carboxylic acids is 1. The lowest BCUT2D eigenvalue weighted by molar-refractivity contribution is 0.0695. The third-order valence-electron chi connectivity index (χ3n) is 5.96. The Morgan fingerprint density at radius 1 is 1.10 bits per heavy atom. The Morgan fingerprint density at radius 3 is 2.52 bits per heavy atom. The minimum absolute atomic E-state index is 0.0682. The molecule has 1 atom stereocenters. The molecule has 4 rings (SSSR count). The van der Waals surface area contributed by atoms with Gasteiger partial charge in [0, 0.05) is 36.3 Å². The van der Waals surface area contributed by atoms with Crippen LogP contribution >= 0.6 is 12.2 Å². The summed E-state index contributed by atoms with van der Waals surface area (Å²) >= 11 is 5.60. The van der Waals surface area contributed by atoms with Crippen molar-refractivity contribution in [3.8, 4) is 5.75 Å². The van der Waals surface area contributed by atoms with Crippen molar-refractivity contribution in [1.29, 1.82) is 0 Å². The Labute approximate surface area is 190 Å². The molecule has 0 bridgehead atoms. The summed E-state index contributed by atoms with van der Waals surface area (Å²) < 4.78 is 6.15. The van der Waals surface area contributed by atoms with Gasteiger partial charge in [-0.3, -0.25) is 4.79 Å². The number of piperidine rings is 1. The van der Waals surface area contributed by atoms with Crippen molar-refractivity contribution >= 4 is 28.9 Å². The first kappa shape index (κ1) is 21.6. The first-order valence-electron chi connectivity index (χ1n) is 11.1. The van der Waals surface area contributed by atoms with E-state index in [1.807, 2.05) is 35.2 Å². The van der Waals surface area contributed by atoms with Crippen LogP contribution in [0.1, 0.15) is 67.1 Å². The van der Waals surface area contributed by atoms with Crippen LogP contribution in [0, 0.1) is 6.92 Å². The number of nitrogens with zero attached hydrogens (tertiary/aromatic N) is 1. The van der Waals surface area contributed by atoms with Gasteiger partial charge >= 0.3 is 0 Å². The number of aryl methyl sites for hydroxylation is 1. The average Bonchev–Trinajstić information content (AvgIpc) is 2.74. The smallest absolute Gasteiger partial charge is 0.253 e. The Bertz CT molecular complexity index is 965. The fourth-order valence-corrected chi connectivity index (χ4v) is 4.66. The number of carbonyl (C=O) groups is 1. The van der Waals surface area contributed by atoms with Gasteiger partial charge in [0.05, 0.1) is 6.04 Å². The number of rotatable bonds is 3. The summed E-state index contributed by atoms with van der Waals surface area (Å²) in [5.41, 5.74) is 3.64. The molecular weight excluding hydrogens is 406 g/mol. The number of likely N-dealkylation sites (tertiary alicyclic amines) is 1. The van der Waals surface area contributed by atoms with E-state index in [0.29, 0.717) is 5.11 Å². The second-order valence-electron chi connectivity index (χ2n) is 9.19. The molecule has 2 aliphatic heterocycles. The fourth-order valence-electron chi connectivity index (χ4n) is 4.40. The van der Waals surface area contributed by atoms with Crippen LogP contribution in [0.5, 0.6) is 5.75 Å². The van der Waals surface area contributed by atoms with Crippen LogP contribution in [0.15, 0.2) is 42.5 Å². The summed E-state index contributed by atoms with van der Waals surface area (Å²) in [6.45, 7) is 7.99. The molecule has 2 aliphatic rings. The zero-order valence-corrected chi connectivity index (χ0v) is 19.3. The molecule has 0 unspecified atom stereocenters. The molecule has 2 N–H and O–H groups in total. The predicted octanol–water partition coefficient (Wildman–Crippen LogP) is 5.21. The summed E-state index contributed by atoms with van der Waals surface area (Å²) in [5, 5.41) is 7.28. The molecule has 0 aromatic heterocycles. The molecule has 1 amide bonds. The van der Waals surface area contributed by atoms with Crippen LogP contribution < -0.4 is 15.4 Å². The minimum Gasteiger partial charge on any atom is -0.487 e. The lowest BCUT2D eigenvalue weighted by atomic mass is 9.89. The zero-order valence-electron chi connectivity index (χ0n) is 18.5. The van der Waals surface area contributed by atoms with Crippen molar-refractivity contribution in [3.05, 3.63) is 59.2 Å². The Hall–Kier alpha value is -2.60. The number of anilines is 1. The van der Waals surface area contributed by atoms with Crippen LogP contribution in [-0.2, 0) is 0 Å². The van der Waals surface area contributed by atoms with Crippen LogP contribution in [-0.4, -0.2) is 34.6 Å². The monoisotopic (exact) mass is 437 g/mol. The van der Waals surface area contributed by atoms with E-state index < -0.39 is 0 Å². The van der Waals surface area contributed by atoms with Gasteiger partial charge in [-0.25, -0.2) is 0 Å². The molecule has 2 heterocycles. The number of hydrogen-bond donors (Lipinski definition) is 2. The van der Waals surface area contributed by atoms with Crippen molar-refractivity contribution in [1.82, 2.24) is 10.2 Å². The van der Waals surface area contributed by atoms with Gasteiger partial charge in [0.25, 0.3) is 5.91 Å². The third kappa shape index (κ3) is 5.18. The number of amides is 1. The van der Waals surface area contributed by atoms with Crippen molar-refractivity contribution < 1.29 is 9.53 Å². The molecule has 0 radical (unpaired) electrons. The van der Waals surface area contributed by atoms with E-state index >= 15 is 0 Å². The Morgan fingerprint density at radius 2 is 1.81 bits per heavy atom. The summed E-state index contributed by atoms with van der Waals surface area (Å²) in [6, 6.07) is 13.9. The van der Waals surface area contributed by atoms with E-state index in [4.69, 9.17) is 17.0 Å². The van der Waals surface area contributed by atoms with Crippen molar-refractivity contribution in [2.24, 2.45) is 0 Å². The predicted molar refractivity (Wildman–Crippen MR) is 129 cm³/mol. The molecule has 1 fully saturated rings. The summed E-state index contributed by atoms with van der Waals surface area (Å²) in [4.78, 5) is 14.6. The number of hydrogen-bond acceptors (Lipinski definition) is 3. The largest absolute Gasteiger partial charge is 0.487 e. The van der Waals surface area contributed by atoms with E-state index in [1.165, 1.54) is 12.0 Å². The van der Waals surface area contributed by atoms with Gasteiger partial charge in [0.2, 0.25) is 0 Å². The van der Waals surface area contributed by atoms with Gasteiger partial charge in [-0.2, -0.15) is 0 Å². The molecule has 1 saturated heterocycles. The van der Waals surface area contributed by atoms with Crippen molar-refractivity contribution in [2.45, 2.75) is 58.1 Å². The second kappa shape index (κ2) is 8.87. The Balaban J connectivity index is 1.41. The van der Waals surface area contributed by atoms with E-state index in [2.05, 4.69) is 43.5 Å². The molecule has 164 valence electrons. The number of fused-ring (bicyclic) bond motifs is 1. The molecule has 0 spiro atoms. The summed E-state index contributed by atoms with van der Waals surface area (Å²) in [5.74, 6) is 1.02. The first-order valence-corrected chi connectivity index (χ1v) is 11.5. The molecule has 0 saturated carbocycles. The lowest BCUT2D eigenvalue weighted by Crippen LogP contribution is -2.42. The molecule has 6 heteroatoms. The van der Waals surface area contributed by atoms with Gasteiger partial charge in [0.1, 0.15) is 11.4 Å². The van der Waals surface area contributed by atoms with Gasteiger partial charge in [-0.05, 0) is 82.6 Å². The lowest BCUT2D eigenvalue weighted by Gasteiger charge is -2.38. The molecule has 31 heavy (non-hydrogen) atoms. The Kier molecular flexibility index (Phi) is 6.19. The highest BCUT2D eigenvalue weighted by Crippen LogP contribution is 2.39. The minimum atomic E-state index is -0.272. The molecular formula is C25H31N3O2S. The highest BCUT2D eigenvalue weighted by Gasteiger charge is 2.34. The topological polar surface area (TPSA) is 53.6 Å². The molecule has 2 aromatic carbocycles. The first-order chi connectivity index (χ1) is 14.8. The highest BCUT2D eigenvalue weighted by atomic mass is 32.1. The summed E-state index contributed by atoms with van der Waals surface area (Å²) in [6.07, 6.45) is 4.22. The maximum Gasteiger partial charge on any atom is 0.253 e. The maximum atomic E-state index is 12.7. The molecule has 2 aromatic rings. The van der Waals surface area contributed by atoms with Gasteiger partial charge in [-0.1, -0.05) is 17.7 Å². The van der Waals surface area contributed by atoms with Crippen molar-refractivity contribution in [3.63, 3.8) is 0 Å². The fraction of sp³-hybridized carbons (Fsp3) is 0.440. The van der Waals surface area contributed by atoms with Crippen LogP contribution in [0.4, 0.5) is 5.69 Å². The zero-order chi connectivity index (χ0) is 22.0. The highest BCUT2D eigenvalue weighted by molar-refractivity contribution is 7.80. The van der Waals surface area contributed by atoms with Gasteiger partial charge in [0.15, 0.2) is 5.11 Å². The average molecular weight is 438 g/mol. The van der Waals surface area contributed by atoms with Gasteiger partial charge in [-0.15, -0.1) is 0 Å². The van der Waals surface area contributed by atoms with Crippen LogP contribution in [0.2, 0.25) is 0 Å². The van der Waals surface area contributed by atoms with Crippen LogP contribution in [0.3, 0.4) is 0 Å². The van der Waals surface area contributed by atoms with Crippen molar-refractivity contribution in [2.75, 3.05) is 18.4 Å². The number of thiocarbonyl (C=S) groups is 1.